The lowest BCUT2D eigenvalue weighted by molar-refractivity contribution is -0.385. The molecule has 0 aliphatic heterocycles. The zero-order chi connectivity index (χ0) is 15.6. The van der Waals surface area contributed by atoms with E-state index in [9.17, 15) is 23.7 Å². The van der Waals surface area contributed by atoms with Crippen LogP contribution in [0.4, 0.5) is 26.0 Å². The van der Waals surface area contributed by atoms with E-state index in [1.54, 1.807) is 0 Å². The number of anilines is 2. The highest BCUT2D eigenvalue weighted by Gasteiger charge is 2.19. The van der Waals surface area contributed by atoms with E-state index >= 15 is 0 Å². The number of nitrogens with zero attached hydrogens (tertiary/aromatic N) is 2. The number of aromatic nitrogens is 1. The minimum Gasteiger partial charge on any atom is -0.383 e. The van der Waals surface area contributed by atoms with Gasteiger partial charge in [-0.05, 0) is 12.1 Å². The first-order chi connectivity index (χ1) is 9.90. The summed E-state index contributed by atoms with van der Waals surface area (Å²) in [6.07, 6.45) is 0.871. The molecule has 3 N–H and O–H groups in total. The smallest absolute Gasteiger partial charge is 0.288 e. The van der Waals surface area contributed by atoms with Crippen LogP contribution < -0.4 is 11.1 Å². The molecule has 0 radical (unpaired) electrons. The highest BCUT2D eigenvalue weighted by molar-refractivity contribution is 6.07. The monoisotopic (exact) mass is 294 g/mol. The fraction of sp³-hybridized carbons (Fsp3) is 0. The van der Waals surface area contributed by atoms with Gasteiger partial charge in [-0.3, -0.25) is 14.9 Å². The van der Waals surface area contributed by atoms with Crippen LogP contribution in [0.2, 0.25) is 0 Å². The van der Waals surface area contributed by atoms with Crippen LogP contribution in [0.5, 0.6) is 0 Å². The highest BCUT2D eigenvalue weighted by Crippen LogP contribution is 2.21. The summed E-state index contributed by atoms with van der Waals surface area (Å²) in [5, 5.41) is 12.6. The van der Waals surface area contributed by atoms with Gasteiger partial charge in [0.15, 0.2) is 0 Å². The second kappa shape index (κ2) is 5.49. The van der Waals surface area contributed by atoms with Gasteiger partial charge in [-0.25, -0.2) is 13.8 Å². The van der Waals surface area contributed by atoms with Crippen molar-refractivity contribution in [1.29, 1.82) is 0 Å². The summed E-state index contributed by atoms with van der Waals surface area (Å²) in [5.41, 5.74) is 3.94. The number of rotatable bonds is 3. The normalized spacial score (nSPS) is 10.2. The molecule has 2 aromatic rings. The van der Waals surface area contributed by atoms with Gasteiger partial charge >= 0.3 is 0 Å². The molecule has 1 amide bonds. The first kappa shape index (κ1) is 14.3. The maximum Gasteiger partial charge on any atom is 0.288 e. The molecule has 0 aliphatic carbocycles. The number of carbonyl (C=O) groups excluding carboxylic acids is 1. The van der Waals surface area contributed by atoms with E-state index in [-0.39, 0.29) is 11.4 Å². The van der Waals surface area contributed by atoms with E-state index in [2.05, 4.69) is 4.98 Å². The third kappa shape index (κ3) is 2.91. The Kier molecular flexibility index (Phi) is 3.74. The summed E-state index contributed by atoms with van der Waals surface area (Å²) in [6, 6.07) is 3.90. The standard InChI is InChI=1S/C12H8F2N4O3/c13-8-2-1-3-9(14)10(8)17-12(19)7-4-6(18(20)21)5-16-11(7)15/h1-5H,(H2,15,16)(H,17,19). The fourth-order valence-corrected chi connectivity index (χ4v) is 1.54. The molecule has 0 spiro atoms. The zero-order valence-electron chi connectivity index (χ0n) is 10.3. The number of para-hydroxylation sites is 1. The predicted octanol–water partition coefficient (Wildman–Crippen LogP) is 2.10. The minimum absolute atomic E-state index is 0.296. The van der Waals surface area contributed by atoms with Gasteiger partial charge in [0, 0.05) is 6.07 Å². The number of hydrogen-bond acceptors (Lipinski definition) is 5. The SMILES string of the molecule is Nc1ncc([N+](=O)[O-])cc1C(=O)Nc1c(F)cccc1F. The van der Waals surface area contributed by atoms with Gasteiger partial charge in [0.25, 0.3) is 11.6 Å². The molecule has 1 aromatic carbocycles. The van der Waals surface area contributed by atoms with Crippen LogP contribution in [0.25, 0.3) is 0 Å². The number of nitrogens with two attached hydrogens (primary N) is 1. The molecule has 21 heavy (non-hydrogen) atoms. The van der Waals surface area contributed by atoms with Gasteiger partial charge in [-0.1, -0.05) is 6.07 Å². The van der Waals surface area contributed by atoms with Crippen LogP contribution in [0.3, 0.4) is 0 Å². The molecule has 1 aromatic heterocycles. The minimum atomic E-state index is -1.01. The number of hydrogen-bond donors (Lipinski definition) is 2. The average molecular weight is 294 g/mol. The number of pyridine rings is 1. The molecule has 0 unspecified atom stereocenters. The summed E-state index contributed by atoms with van der Waals surface area (Å²) in [4.78, 5) is 25.3. The number of halogens is 2. The Hall–Kier alpha value is -3.10. The van der Waals surface area contributed by atoms with Crippen LogP contribution >= 0.6 is 0 Å². The summed E-state index contributed by atoms with van der Waals surface area (Å²) in [7, 11) is 0. The summed E-state index contributed by atoms with van der Waals surface area (Å²) in [6.45, 7) is 0. The van der Waals surface area contributed by atoms with Crippen molar-refractivity contribution in [1.82, 2.24) is 4.98 Å². The van der Waals surface area contributed by atoms with E-state index < -0.39 is 33.8 Å². The molecule has 0 saturated carbocycles. The number of nitrogen functional groups attached to an aromatic ring is 1. The second-order valence-corrected chi connectivity index (χ2v) is 3.93. The second-order valence-electron chi connectivity index (χ2n) is 3.93. The molecule has 0 saturated heterocycles. The van der Waals surface area contributed by atoms with Gasteiger partial charge in [-0.2, -0.15) is 0 Å². The van der Waals surface area contributed by atoms with Crippen LogP contribution in [-0.4, -0.2) is 15.8 Å². The van der Waals surface area contributed by atoms with E-state index in [0.29, 0.717) is 0 Å². The highest BCUT2D eigenvalue weighted by atomic mass is 19.1. The largest absolute Gasteiger partial charge is 0.383 e. The molecule has 0 bridgehead atoms. The van der Waals surface area contributed by atoms with E-state index in [4.69, 9.17) is 5.73 Å². The Balaban J connectivity index is 2.37. The molecule has 2 rings (SSSR count). The van der Waals surface area contributed by atoms with E-state index in [1.165, 1.54) is 0 Å². The molecule has 0 aliphatic rings. The topological polar surface area (TPSA) is 111 Å². The molecule has 108 valence electrons. The number of amides is 1. The summed E-state index contributed by atoms with van der Waals surface area (Å²) >= 11 is 0. The third-order valence-electron chi connectivity index (χ3n) is 2.56. The van der Waals surface area contributed by atoms with Gasteiger partial charge in [0.1, 0.15) is 29.3 Å². The Bertz CT molecular complexity index is 716. The Morgan fingerprint density at radius 1 is 1.33 bits per heavy atom. The average Bonchev–Trinajstić information content (AvgIpc) is 2.43. The summed E-state index contributed by atoms with van der Waals surface area (Å²) in [5.74, 6) is -3.27. The molecular weight excluding hydrogens is 286 g/mol. The van der Waals surface area contributed by atoms with Crippen LogP contribution in [0.15, 0.2) is 30.5 Å². The fourth-order valence-electron chi connectivity index (χ4n) is 1.54. The Labute approximate surface area is 116 Å². The van der Waals surface area contributed by atoms with Crippen LogP contribution in [-0.2, 0) is 0 Å². The zero-order valence-corrected chi connectivity index (χ0v) is 10.3. The Morgan fingerprint density at radius 2 is 1.95 bits per heavy atom. The van der Waals surface area contributed by atoms with Crippen LogP contribution in [0, 0.1) is 21.7 Å². The van der Waals surface area contributed by atoms with Crippen molar-refractivity contribution in [2.75, 3.05) is 11.1 Å². The lowest BCUT2D eigenvalue weighted by atomic mass is 10.2. The molecule has 9 heteroatoms. The molecular formula is C12H8F2N4O3. The van der Waals surface area contributed by atoms with Crippen molar-refractivity contribution in [3.05, 3.63) is 57.8 Å². The lowest BCUT2D eigenvalue weighted by Gasteiger charge is -2.08. The maximum absolute atomic E-state index is 13.4. The van der Waals surface area contributed by atoms with Crippen molar-refractivity contribution in [3.63, 3.8) is 0 Å². The van der Waals surface area contributed by atoms with Crippen molar-refractivity contribution in [3.8, 4) is 0 Å². The molecule has 0 fully saturated rings. The van der Waals surface area contributed by atoms with E-state index in [0.717, 1.165) is 30.5 Å². The van der Waals surface area contributed by atoms with Gasteiger partial charge in [0.2, 0.25) is 0 Å². The number of carbonyl (C=O) groups is 1. The van der Waals surface area contributed by atoms with Crippen molar-refractivity contribution < 1.29 is 18.5 Å². The van der Waals surface area contributed by atoms with Crippen molar-refractivity contribution in [2.24, 2.45) is 0 Å². The summed E-state index contributed by atoms with van der Waals surface area (Å²) < 4.78 is 26.8. The molecule has 7 nitrogen and oxygen atoms in total. The van der Waals surface area contributed by atoms with E-state index in [1.807, 2.05) is 5.32 Å². The van der Waals surface area contributed by atoms with Gasteiger partial charge in [-0.15, -0.1) is 0 Å². The predicted molar refractivity (Wildman–Crippen MR) is 69.6 cm³/mol. The quantitative estimate of drug-likeness (QED) is 0.665. The number of nitrogens with one attached hydrogen (secondary N) is 1. The lowest BCUT2D eigenvalue weighted by Crippen LogP contribution is -2.17. The van der Waals surface area contributed by atoms with Crippen molar-refractivity contribution >= 4 is 23.1 Å². The first-order valence-corrected chi connectivity index (χ1v) is 5.55. The first-order valence-electron chi connectivity index (χ1n) is 5.55. The number of benzene rings is 1. The Morgan fingerprint density at radius 3 is 2.52 bits per heavy atom. The van der Waals surface area contributed by atoms with Crippen molar-refractivity contribution in [2.45, 2.75) is 0 Å². The van der Waals surface area contributed by atoms with Gasteiger partial charge in [0.05, 0.1) is 10.5 Å². The molecule has 0 atom stereocenters. The third-order valence-corrected chi connectivity index (χ3v) is 2.56. The maximum atomic E-state index is 13.4. The number of nitro groups is 1. The molecule has 1 heterocycles. The van der Waals surface area contributed by atoms with Gasteiger partial charge < -0.3 is 11.1 Å². The van der Waals surface area contributed by atoms with Crippen LogP contribution in [0.1, 0.15) is 10.4 Å².